The first-order valence-corrected chi connectivity index (χ1v) is 12.8. The zero-order valence-electron chi connectivity index (χ0n) is 21.3. The molecule has 2 aliphatic carbocycles. The van der Waals surface area contributed by atoms with Crippen LogP contribution in [-0.2, 0) is 10.8 Å². The summed E-state index contributed by atoms with van der Waals surface area (Å²) in [6, 6.07) is 35.6. The third-order valence-electron chi connectivity index (χ3n) is 8.54. The summed E-state index contributed by atoms with van der Waals surface area (Å²) >= 11 is 0. The zero-order valence-corrected chi connectivity index (χ0v) is 21.3. The summed E-state index contributed by atoms with van der Waals surface area (Å²) in [6.07, 6.45) is 1.93. The Hall–Kier alpha value is -3.97. The smallest absolute Gasteiger partial charge is 0.0708 e. The van der Waals surface area contributed by atoms with Crippen molar-refractivity contribution in [3.63, 3.8) is 0 Å². The Kier molecular flexibility index (Phi) is 4.31. The number of hydrogen-bond donors (Lipinski definition) is 0. The highest BCUT2D eigenvalue weighted by Crippen LogP contribution is 2.56. The van der Waals surface area contributed by atoms with Gasteiger partial charge in [0, 0.05) is 22.6 Å². The maximum Gasteiger partial charge on any atom is 0.0708 e. The molecule has 1 aromatic heterocycles. The lowest BCUT2D eigenvalue weighted by molar-refractivity contribution is 0.652. The minimum Gasteiger partial charge on any atom is -0.256 e. The topological polar surface area (TPSA) is 12.9 Å². The molecule has 1 nitrogen and oxygen atoms in total. The van der Waals surface area contributed by atoms with Gasteiger partial charge in [0.2, 0.25) is 0 Å². The maximum absolute atomic E-state index is 4.75. The molecule has 0 unspecified atom stereocenters. The maximum atomic E-state index is 4.75. The van der Waals surface area contributed by atoms with Crippen molar-refractivity contribution in [2.75, 3.05) is 0 Å². The molecule has 0 saturated heterocycles. The third-order valence-corrected chi connectivity index (χ3v) is 8.54. The predicted octanol–water partition coefficient (Wildman–Crippen LogP) is 9.03. The lowest BCUT2D eigenvalue weighted by atomic mass is 9.79. The molecule has 0 fully saturated rings. The number of pyridine rings is 1. The zero-order chi connectivity index (χ0) is 24.7. The van der Waals surface area contributed by atoms with Gasteiger partial charge in [0.25, 0.3) is 0 Å². The fraction of sp³-hybridized carbons (Fsp3) is 0.171. The predicted molar refractivity (Wildman–Crippen MR) is 150 cm³/mol. The van der Waals surface area contributed by atoms with Crippen LogP contribution >= 0.6 is 0 Å². The van der Waals surface area contributed by atoms with Crippen LogP contribution in [0.4, 0.5) is 0 Å². The number of benzene rings is 4. The monoisotopic (exact) mass is 463 g/mol. The molecule has 7 rings (SSSR count). The van der Waals surface area contributed by atoms with Gasteiger partial charge in [-0.05, 0) is 86.0 Å². The summed E-state index contributed by atoms with van der Waals surface area (Å²) in [5, 5.41) is 0. The van der Waals surface area contributed by atoms with Crippen molar-refractivity contribution in [2.24, 2.45) is 0 Å². The van der Waals surface area contributed by atoms with Crippen LogP contribution < -0.4 is 0 Å². The van der Waals surface area contributed by atoms with E-state index in [-0.39, 0.29) is 10.8 Å². The Balaban J connectivity index is 1.36. The van der Waals surface area contributed by atoms with E-state index in [1.165, 1.54) is 61.2 Å². The van der Waals surface area contributed by atoms with Gasteiger partial charge in [-0.2, -0.15) is 0 Å². The molecule has 5 aromatic rings. The second-order valence-corrected chi connectivity index (χ2v) is 11.3. The van der Waals surface area contributed by atoms with Crippen molar-refractivity contribution in [1.29, 1.82) is 0 Å². The average molecular weight is 464 g/mol. The van der Waals surface area contributed by atoms with Crippen LogP contribution in [0.25, 0.3) is 44.6 Å². The van der Waals surface area contributed by atoms with Crippen molar-refractivity contribution in [3.05, 3.63) is 126 Å². The number of nitrogens with zero attached hydrogens (tertiary/aromatic N) is 1. The normalized spacial score (nSPS) is 15.7. The van der Waals surface area contributed by atoms with Crippen LogP contribution in [0.2, 0.25) is 0 Å². The molecule has 0 radical (unpaired) electrons. The standard InChI is InChI=1S/C35H29N/c1-34(2)29-13-9-8-12-25(29)27-20-32-28(21-31(27)34)26-15-14-24(18-30(26)35(32,3)4)33-19-23(16-17-36-33)22-10-6-5-7-11-22/h5-21H,1-4H3. The fourth-order valence-electron chi connectivity index (χ4n) is 6.49. The number of aromatic nitrogens is 1. The Bertz CT molecular complexity index is 1670. The second-order valence-electron chi connectivity index (χ2n) is 11.3. The van der Waals surface area contributed by atoms with E-state index in [1.54, 1.807) is 0 Å². The van der Waals surface area contributed by atoms with Crippen LogP contribution in [0.5, 0.6) is 0 Å². The molecular formula is C35H29N. The van der Waals surface area contributed by atoms with Gasteiger partial charge in [-0.25, -0.2) is 0 Å². The Labute approximate surface area is 213 Å². The minimum absolute atomic E-state index is 0.00952. The average Bonchev–Trinajstić information content (AvgIpc) is 3.27. The molecule has 1 heteroatoms. The molecule has 36 heavy (non-hydrogen) atoms. The highest BCUT2D eigenvalue weighted by molar-refractivity contribution is 5.90. The first-order valence-electron chi connectivity index (χ1n) is 12.8. The van der Waals surface area contributed by atoms with E-state index in [0.29, 0.717) is 0 Å². The van der Waals surface area contributed by atoms with Crippen LogP contribution in [0.3, 0.4) is 0 Å². The fourth-order valence-corrected chi connectivity index (χ4v) is 6.49. The molecule has 0 aliphatic heterocycles. The summed E-state index contributed by atoms with van der Waals surface area (Å²) < 4.78 is 0. The van der Waals surface area contributed by atoms with Crippen LogP contribution in [0, 0.1) is 0 Å². The molecular weight excluding hydrogens is 434 g/mol. The molecule has 0 bridgehead atoms. The van der Waals surface area contributed by atoms with Gasteiger partial charge >= 0.3 is 0 Å². The molecule has 0 saturated carbocycles. The van der Waals surface area contributed by atoms with Gasteiger partial charge < -0.3 is 0 Å². The quantitative estimate of drug-likeness (QED) is 0.254. The summed E-state index contributed by atoms with van der Waals surface area (Å²) in [4.78, 5) is 4.75. The molecule has 2 aliphatic rings. The highest BCUT2D eigenvalue weighted by atomic mass is 14.7. The van der Waals surface area contributed by atoms with E-state index in [4.69, 9.17) is 4.98 Å². The van der Waals surface area contributed by atoms with E-state index in [2.05, 4.69) is 125 Å². The van der Waals surface area contributed by atoms with Crippen LogP contribution in [0.1, 0.15) is 49.9 Å². The molecule has 0 atom stereocenters. The van der Waals surface area contributed by atoms with Gasteiger partial charge in [-0.15, -0.1) is 0 Å². The highest BCUT2D eigenvalue weighted by Gasteiger charge is 2.41. The first-order chi connectivity index (χ1) is 17.4. The van der Waals surface area contributed by atoms with Gasteiger partial charge in [0.1, 0.15) is 0 Å². The van der Waals surface area contributed by atoms with E-state index in [1.807, 2.05) is 6.20 Å². The second kappa shape index (κ2) is 7.27. The van der Waals surface area contributed by atoms with Crippen molar-refractivity contribution >= 4 is 0 Å². The summed E-state index contributed by atoms with van der Waals surface area (Å²) in [7, 11) is 0. The van der Waals surface area contributed by atoms with Crippen molar-refractivity contribution in [3.8, 4) is 44.6 Å². The van der Waals surface area contributed by atoms with Crippen molar-refractivity contribution in [1.82, 2.24) is 4.98 Å². The Morgan fingerprint density at radius 2 is 1.06 bits per heavy atom. The summed E-state index contributed by atoms with van der Waals surface area (Å²) in [5.41, 5.74) is 15.7. The lowest BCUT2D eigenvalue weighted by Crippen LogP contribution is -2.17. The molecule has 0 amide bonds. The third kappa shape index (κ3) is 2.86. The molecule has 4 aromatic carbocycles. The van der Waals surface area contributed by atoms with Gasteiger partial charge in [0.15, 0.2) is 0 Å². The summed E-state index contributed by atoms with van der Waals surface area (Å²) in [5.74, 6) is 0. The SMILES string of the molecule is CC1(C)c2ccccc2-c2cc3c(cc21)-c1ccc(-c2cc(-c4ccccc4)ccn2)cc1C3(C)C. The largest absolute Gasteiger partial charge is 0.256 e. The summed E-state index contributed by atoms with van der Waals surface area (Å²) in [6.45, 7) is 9.46. The Morgan fingerprint density at radius 3 is 1.81 bits per heavy atom. The van der Waals surface area contributed by atoms with Gasteiger partial charge in [-0.1, -0.05) is 94.4 Å². The van der Waals surface area contributed by atoms with Crippen LogP contribution in [-0.4, -0.2) is 4.98 Å². The minimum atomic E-state index is -0.0750. The van der Waals surface area contributed by atoms with E-state index >= 15 is 0 Å². The first kappa shape index (κ1) is 21.3. The number of hydrogen-bond acceptors (Lipinski definition) is 1. The van der Waals surface area contributed by atoms with Gasteiger partial charge in [-0.3, -0.25) is 4.98 Å². The van der Waals surface area contributed by atoms with E-state index in [0.717, 1.165) is 5.69 Å². The number of rotatable bonds is 2. The van der Waals surface area contributed by atoms with Crippen LogP contribution in [0.15, 0.2) is 103 Å². The molecule has 0 spiro atoms. The van der Waals surface area contributed by atoms with Gasteiger partial charge in [0.05, 0.1) is 5.69 Å². The van der Waals surface area contributed by atoms with E-state index < -0.39 is 0 Å². The molecule has 174 valence electrons. The number of fused-ring (bicyclic) bond motifs is 6. The van der Waals surface area contributed by atoms with Crippen molar-refractivity contribution < 1.29 is 0 Å². The lowest BCUT2D eigenvalue weighted by Gasteiger charge is -2.24. The van der Waals surface area contributed by atoms with E-state index in [9.17, 15) is 0 Å². The molecule has 0 N–H and O–H groups in total. The molecule has 1 heterocycles. The van der Waals surface area contributed by atoms with Crippen molar-refractivity contribution in [2.45, 2.75) is 38.5 Å². The Morgan fingerprint density at radius 1 is 0.444 bits per heavy atom.